The van der Waals surface area contributed by atoms with Gasteiger partial charge in [0, 0.05) is 11.1 Å². The first-order chi connectivity index (χ1) is 8.27. The lowest BCUT2D eigenvalue weighted by Crippen LogP contribution is -2.15. The van der Waals surface area contributed by atoms with Gasteiger partial charge in [0.2, 0.25) is 6.29 Å². The van der Waals surface area contributed by atoms with E-state index in [9.17, 15) is 4.79 Å². The Morgan fingerprint density at radius 3 is 2.76 bits per heavy atom. The topological polar surface area (TPSA) is 35.5 Å². The van der Waals surface area contributed by atoms with E-state index in [0.717, 1.165) is 17.6 Å². The average molecular weight is 230 g/mol. The predicted molar refractivity (Wildman–Crippen MR) is 63.0 cm³/mol. The van der Waals surface area contributed by atoms with Crippen LogP contribution < -0.4 is 0 Å². The van der Waals surface area contributed by atoms with Crippen molar-refractivity contribution in [2.24, 2.45) is 5.92 Å². The minimum Gasteiger partial charge on any atom is -0.463 e. The van der Waals surface area contributed by atoms with E-state index in [1.165, 1.54) is 0 Å². The molecule has 2 atom stereocenters. The summed E-state index contributed by atoms with van der Waals surface area (Å²) in [6.07, 6.45) is 0.611. The zero-order valence-corrected chi connectivity index (χ0v) is 9.68. The standard InChI is InChI=1S/C14H14O3/c1-9(15)12-11-7-8-16-14(11)17-13(12)10-5-3-2-4-6-10/h2-6,11,14H,7-8H2,1H3/t11-,14+/m0/s1. The van der Waals surface area contributed by atoms with Crippen LogP contribution in [0.25, 0.3) is 5.76 Å². The first-order valence-corrected chi connectivity index (χ1v) is 5.86. The lowest BCUT2D eigenvalue weighted by atomic mass is 9.93. The van der Waals surface area contributed by atoms with Gasteiger partial charge in [-0.25, -0.2) is 0 Å². The average Bonchev–Trinajstić information content (AvgIpc) is 2.88. The number of rotatable bonds is 2. The van der Waals surface area contributed by atoms with Crippen LogP contribution in [-0.2, 0) is 14.3 Å². The number of hydrogen-bond acceptors (Lipinski definition) is 3. The molecule has 2 aliphatic rings. The quantitative estimate of drug-likeness (QED) is 0.782. The van der Waals surface area contributed by atoms with Crippen molar-refractivity contribution in [3.8, 4) is 0 Å². The van der Waals surface area contributed by atoms with Crippen molar-refractivity contribution < 1.29 is 14.3 Å². The van der Waals surface area contributed by atoms with Crippen LogP contribution in [0.5, 0.6) is 0 Å². The third kappa shape index (κ3) is 1.67. The first-order valence-electron chi connectivity index (χ1n) is 5.86. The summed E-state index contributed by atoms with van der Waals surface area (Å²) in [5, 5.41) is 0. The maximum Gasteiger partial charge on any atom is 0.207 e. The van der Waals surface area contributed by atoms with Crippen molar-refractivity contribution in [1.29, 1.82) is 0 Å². The Labute approximate surface area is 100 Å². The van der Waals surface area contributed by atoms with Crippen molar-refractivity contribution in [1.82, 2.24) is 0 Å². The second-order valence-corrected chi connectivity index (χ2v) is 4.42. The van der Waals surface area contributed by atoms with Gasteiger partial charge in [-0.3, -0.25) is 4.79 Å². The highest BCUT2D eigenvalue weighted by Gasteiger charge is 2.43. The minimum absolute atomic E-state index is 0.0850. The molecule has 3 rings (SSSR count). The molecule has 0 spiro atoms. The molecule has 0 N–H and O–H groups in total. The molecule has 1 fully saturated rings. The number of carbonyl (C=O) groups excluding carboxylic acids is 1. The molecule has 88 valence electrons. The van der Waals surface area contributed by atoms with E-state index in [0.29, 0.717) is 12.4 Å². The molecule has 2 heterocycles. The maximum atomic E-state index is 11.8. The second kappa shape index (κ2) is 4.00. The summed E-state index contributed by atoms with van der Waals surface area (Å²) >= 11 is 0. The molecule has 0 unspecified atom stereocenters. The molecule has 17 heavy (non-hydrogen) atoms. The second-order valence-electron chi connectivity index (χ2n) is 4.42. The number of carbonyl (C=O) groups is 1. The summed E-state index contributed by atoms with van der Waals surface area (Å²) in [4.78, 5) is 11.8. The Morgan fingerprint density at radius 1 is 1.29 bits per heavy atom. The van der Waals surface area contributed by atoms with Crippen LogP contribution in [0.2, 0.25) is 0 Å². The highest BCUT2D eigenvalue weighted by Crippen LogP contribution is 2.42. The van der Waals surface area contributed by atoms with E-state index >= 15 is 0 Å². The molecule has 2 aliphatic heterocycles. The number of benzene rings is 1. The molecule has 0 bridgehead atoms. The number of ether oxygens (including phenoxy) is 2. The van der Waals surface area contributed by atoms with E-state index in [2.05, 4.69) is 0 Å². The first kappa shape index (κ1) is 10.5. The third-order valence-corrected chi connectivity index (χ3v) is 3.30. The fourth-order valence-electron chi connectivity index (χ4n) is 2.54. The largest absolute Gasteiger partial charge is 0.463 e. The number of ketones is 1. The maximum absolute atomic E-state index is 11.8. The highest BCUT2D eigenvalue weighted by atomic mass is 16.7. The monoisotopic (exact) mass is 230 g/mol. The SMILES string of the molecule is CC(=O)C1=C(c2ccccc2)O[C@H]2OCC[C@@H]12. The summed E-state index contributed by atoms with van der Waals surface area (Å²) in [7, 11) is 0. The van der Waals surface area contributed by atoms with Gasteiger partial charge in [0.1, 0.15) is 5.76 Å². The van der Waals surface area contributed by atoms with Gasteiger partial charge in [-0.05, 0) is 13.3 Å². The van der Waals surface area contributed by atoms with Gasteiger partial charge < -0.3 is 9.47 Å². The summed E-state index contributed by atoms with van der Waals surface area (Å²) in [5.41, 5.74) is 1.74. The molecular weight excluding hydrogens is 216 g/mol. The summed E-state index contributed by atoms with van der Waals surface area (Å²) in [5.74, 6) is 0.900. The zero-order chi connectivity index (χ0) is 11.8. The Bertz CT molecular complexity index is 476. The molecule has 0 radical (unpaired) electrons. The minimum atomic E-state index is -0.260. The van der Waals surface area contributed by atoms with E-state index in [-0.39, 0.29) is 18.0 Å². The number of fused-ring (bicyclic) bond motifs is 1. The Balaban J connectivity index is 2.06. The van der Waals surface area contributed by atoms with Gasteiger partial charge in [0.15, 0.2) is 5.78 Å². The predicted octanol–water partition coefficient (Wildman–Crippen LogP) is 2.38. The molecule has 3 nitrogen and oxygen atoms in total. The van der Waals surface area contributed by atoms with Gasteiger partial charge in [-0.2, -0.15) is 0 Å². The Hall–Kier alpha value is -1.61. The van der Waals surface area contributed by atoms with Gasteiger partial charge in [0.25, 0.3) is 0 Å². The van der Waals surface area contributed by atoms with E-state index in [4.69, 9.17) is 9.47 Å². The van der Waals surface area contributed by atoms with Crippen LogP contribution >= 0.6 is 0 Å². The van der Waals surface area contributed by atoms with Crippen LogP contribution in [-0.4, -0.2) is 18.7 Å². The number of Topliss-reactive ketones (excluding diaryl/α,β-unsaturated/α-hetero) is 1. The Kier molecular flexibility index (Phi) is 2.48. The fraction of sp³-hybridized carbons (Fsp3) is 0.357. The normalized spacial score (nSPS) is 26.9. The molecule has 1 aromatic rings. The van der Waals surface area contributed by atoms with Gasteiger partial charge in [-0.1, -0.05) is 30.3 Å². The summed E-state index contributed by atoms with van der Waals surface area (Å²) in [6, 6.07) is 9.75. The van der Waals surface area contributed by atoms with Gasteiger partial charge in [-0.15, -0.1) is 0 Å². The molecule has 0 aromatic heterocycles. The summed E-state index contributed by atoms with van der Waals surface area (Å²) in [6.45, 7) is 2.27. The van der Waals surface area contributed by atoms with Crippen molar-refractivity contribution in [2.45, 2.75) is 19.6 Å². The van der Waals surface area contributed by atoms with Crippen molar-refractivity contribution in [3.05, 3.63) is 41.5 Å². The fourth-order valence-corrected chi connectivity index (χ4v) is 2.54. The molecular formula is C14H14O3. The van der Waals surface area contributed by atoms with Crippen LogP contribution in [0.3, 0.4) is 0 Å². The van der Waals surface area contributed by atoms with E-state index in [1.54, 1.807) is 6.92 Å². The molecule has 0 amide bonds. The van der Waals surface area contributed by atoms with Crippen LogP contribution in [0.4, 0.5) is 0 Å². The van der Waals surface area contributed by atoms with Crippen LogP contribution in [0.1, 0.15) is 18.9 Å². The Morgan fingerprint density at radius 2 is 2.06 bits per heavy atom. The van der Waals surface area contributed by atoms with Crippen molar-refractivity contribution in [3.63, 3.8) is 0 Å². The zero-order valence-electron chi connectivity index (χ0n) is 9.68. The van der Waals surface area contributed by atoms with Crippen LogP contribution in [0.15, 0.2) is 35.9 Å². The highest BCUT2D eigenvalue weighted by molar-refractivity contribution is 6.01. The van der Waals surface area contributed by atoms with Crippen LogP contribution in [0, 0.1) is 5.92 Å². The summed E-state index contributed by atoms with van der Waals surface area (Å²) < 4.78 is 11.3. The molecule has 3 heteroatoms. The molecule has 0 aliphatic carbocycles. The molecule has 0 saturated carbocycles. The number of hydrogen-bond donors (Lipinski definition) is 0. The lowest BCUT2D eigenvalue weighted by Gasteiger charge is -2.10. The van der Waals surface area contributed by atoms with E-state index < -0.39 is 0 Å². The van der Waals surface area contributed by atoms with Crippen molar-refractivity contribution in [2.75, 3.05) is 6.61 Å². The lowest BCUT2D eigenvalue weighted by molar-refractivity contribution is -0.114. The smallest absolute Gasteiger partial charge is 0.207 e. The molecule has 1 saturated heterocycles. The van der Waals surface area contributed by atoms with Gasteiger partial charge in [0.05, 0.1) is 12.5 Å². The third-order valence-electron chi connectivity index (χ3n) is 3.30. The van der Waals surface area contributed by atoms with Gasteiger partial charge >= 0.3 is 0 Å². The van der Waals surface area contributed by atoms with E-state index in [1.807, 2.05) is 30.3 Å². The molecule has 1 aromatic carbocycles. The van der Waals surface area contributed by atoms with Crippen molar-refractivity contribution >= 4 is 11.5 Å².